The van der Waals surface area contributed by atoms with E-state index in [0.717, 1.165) is 18.2 Å². The van der Waals surface area contributed by atoms with Gasteiger partial charge in [-0.15, -0.1) is 0 Å². The molecule has 3 saturated heterocycles. The van der Waals surface area contributed by atoms with Crippen LogP contribution in [0.15, 0.2) is 18.2 Å². The Morgan fingerprint density at radius 3 is 2.71 bits per heavy atom. The summed E-state index contributed by atoms with van der Waals surface area (Å²) in [5, 5.41) is 0. The minimum Gasteiger partial charge on any atom is -0.376 e. The van der Waals surface area contributed by atoms with E-state index >= 15 is 0 Å². The molecule has 4 rings (SSSR count). The number of carbonyl (C=O) groups excluding carboxylic acids is 2. The molecule has 3 aliphatic rings. The van der Waals surface area contributed by atoms with Gasteiger partial charge in [-0.05, 0) is 18.6 Å². The van der Waals surface area contributed by atoms with E-state index < -0.39 is 29.7 Å². The van der Waals surface area contributed by atoms with Crippen molar-refractivity contribution in [3.8, 4) is 0 Å². The minimum absolute atomic E-state index is 0.0119. The number of hydrogen-bond acceptors (Lipinski definition) is 4. The average molecular weight is 444 g/mol. The van der Waals surface area contributed by atoms with E-state index in [-0.39, 0.29) is 43.0 Å². The number of hydrogen-bond donors (Lipinski definition) is 0. The molecular weight excluding hydrogens is 420 g/mol. The molecule has 0 radical (unpaired) electrons. The number of urea groups is 1. The van der Waals surface area contributed by atoms with E-state index in [2.05, 4.69) is 0 Å². The van der Waals surface area contributed by atoms with E-state index in [4.69, 9.17) is 9.47 Å². The van der Waals surface area contributed by atoms with Crippen LogP contribution in [0.4, 0.5) is 22.4 Å². The van der Waals surface area contributed by atoms with Crippen molar-refractivity contribution in [2.45, 2.75) is 31.7 Å². The van der Waals surface area contributed by atoms with Gasteiger partial charge in [0, 0.05) is 50.0 Å². The first-order valence-electron chi connectivity index (χ1n) is 10.3. The molecule has 0 spiro atoms. The number of Topliss-reactive ketones (excluding diaryl/α,β-unsaturated/α-hetero) is 1. The lowest BCUT2D eigenvalue weighted by Crippen LogP contribution is -2.59. The van der Waals surface area contributed by atoms with Gasteiger partial charge in [-0.1, -0.05) is 6.07 Å². The number of rotatable bonds is 4. The highest BCUT2D eigenvalue weighted by atomic mass is 19.4. The second kappa shape index (κ2) is 8.74. The standard InChI is InChI=1S/C21H24F4N2O4/c22-18-3-1-2-17(21(23,24)25)16(18)12-30-10-13-7-27(8-13)20(29)26-5-4-19-14(9-26)6-15(28)11-31-19/h1-3,13-14,19H,4-12H2/t14-,19+/m1/s1. The first-order valence-corrected chi connectivity index (χ1v) is 10.3. The molecule has 170 valence electrons. The Morgan fingerprint density at radius 2 is 1.97 bits per heavy atom. The molecule has 0 N–H and O–H groups in total. The van der Waals surface area contributed by atoms with Crippen LogP contribution in [-0.2, 0) is 27.1 Å². The minimum atomic E-state index is -4.65. The summed E-state index contributed by atoms with van der Waals surface area (Å²) in [6.45, 7) is 1.74. The lowest BCUT2D eigenvalue weighted by Gasteiger charge is -2.46. The van der Waals surface area contributed by atoms with E-state index in [0.29, 0.717) is 39.0 Å². The predicted octanol–water partition coefficient (Wildman–Crippen LogP) is 3.09. The summed E-state index contributed by atoms with van der Waals surface area (Å²) < 4.78 is 63.9. The summed E-state index contributed by atoms with van der Waals surface area (Å²) in [5.74, 6) is -0.876. The highest BCUT2D eigenvalue weighted by Crippen LogP contribution is 2.34. The van der Waals surface area contributed by atoms with Crippen molar-refractivity contribution >= 4 is 11.8 Å². The highest BCUT2D eigenvalue weighted by Gasteiger charge is 2.40. The predicted molar refractivity (Wildman–Crippen MR) is 101 cm³/mol. The topological polar surface area (TPSA) is 59.1 Å². The van der Waals surface area contributed by atoms with Crippen molar-refractivity contribution in [1.29, 1.82) is 0 Å². The number of nitrogens with zero attached hydrogens (tertiary/aromatic N) is 2. The van der Waals surface area contributed by atoms with Crippen molar-refractivity contribution < 1.29 is 36.6 Å². The molecule has 31 heavy (non-hydrogen) atoms. The van der Waals surface area contributed by atoms with Gasteiger partial charge in [0.05, 0.1) is 24.9 Å². The molecular formula is C21H24F4N2O4. The van der Waals surface area contributed by atoms with Gasteiger partial charge < -0.3 is 19.3 Å². The van der Waals surface area contributed by atoms with E-state index in [1.807, 2.05) is 0 Å². The lowest BCUT2D eigenvalue weighted by atomic mass is 9.88. The SMILES string of the molecule is O=C1CO[C@H]2CCN(C(=O)N3CC(COCc4c(F)cccc4C(F)(F)F)C3)C[C@H]2C1. The largest absolute Gasteiger partial charge is 0.416 e. The third-order valence-electron chi connectivity index (χ3n) is 6.13. The number of piperidine rings is 1. The summed E-state index contributed by atoms with van der Waals surface area (Å²) >= 11 is 0. The Labute approximate surface area is 177 Å². The van der Waals surface area contributed by atoms with Crippen LogP contribution < -0.4 is 0 Å². The van der Waals surface area contributed by atoms with Gasteiger partial charge in [-0.25, -0.2) is 9.18 Å². The molecule has 6 nitrogen and oxygen atoms in total. The van der Waals surface area contributed by atoms with Crippen LogP contribution >= 0.6 is 0 Å². The Bertz CT molecular complexity index is 841. The van der Waals surface area contributed by atoms with Crippen molar-refractivity contribution in [3.05, 3.63) is 35.1 Å². The number of halogens is 4. The maximum Gasteiger partial charge on any atom is 0.416 e. The molecule has 3 aliphatic heterocycles. The van der Waals surface area contributed by atoms with Crippen molar-refractivity contribution in [2.24, 2.45) is 11.8 Å². The second-order valence-electron chi connectivity index (χ2n) is 8.42. The maximum absolute atomic E-state index is 13.8. The number of likely N-dealkylation sites (tertiary alicyclic amines) is 2. The van der Waals surface area contributed by atoms with Gasteiger partial charge >= 0.3 is 12.2 Å². The fourth-order valence-corrected chi connectivity index (χ4v) is 4.48. The zero-order chi connectivity index (χ0) is 22.2. The molecule has 0 unspecified atom stereocenters. The Kier molecular flexibility index (Phi) is 6.20. The summed E-state index contributed by atoms with van der Waals surface area (Å²) in [7, 11) is 0. The van der Waals surface area contributed by atoms with Crippen molar-refractivity contribution in [1.82, 2.24) is 9.80 Å². The molecule has 1 aromatic carbocycles. The summed E-state index contributed by atoms with van der Waals surface area (Å²) in [6.07, 6.45) is -3.49. The summed E-state index contributed by atoms with van der Waals surface area (Å²) in [6, 6.07) is 2.72. The fourth-order valence-electron chi connectivity index (χ4n) is 4.48. The molecule has 3 heterocycles. The Balaban J connectivity index is 1.23. The molecule has 2 atom stereocenters. The van der Waals surface area contributed by atoms with Crippen LogP contribution in [0.25, 0.3) is 0 Å². The molecule has 10 heteroatoms. The third-order valence-corrected chi connectivity index (χ3v) is 6.13. The average Bonchev–Trinajstić information content (AvgIpc) is 2.68. The monoisotopic (exact) mass is 444 g/mol. The zero-order valence-electron chi connectivity index (χ0n) is 16.9. The molecule has 0 bridgehead atoms. The van der Waals surface area contributed by atoms with Gasteiger partial charge in [0.2, 0.25) is 0 Å². The van der Waals surface area contributed by atoms with Crippen molar-refractivity contribution in [3.63, 3.8) is 0 Å². The first-order chi connectivity index (χ1) is 14.7. The summed E-state index contributed by atoms with van der Waals surface area (Å²) in [5.41, 5.74) is -1.54. The molecule has 3 fully saturated rings. The summed E-state index contributed by atoms with van der Waals surface area (Å²) in [4.78, 5) is 27.7. The smallest absolute Gasteiger partial charge is 0.376 e. The van der Waals surface area contributed by atoms with Gasteiger partial charge in [0.25, 0.3) is 0 Å². The number of amides is 2. The molecule has 0 saturated carbocycles. The van der Waals surface area contributed by atoms with Crippen LogP contribution in [-0.4, -0.2) is 67.1 Å². The maximum atomic E-state index is 13.8. The van der Waals surface area contributed by atoms with E-state index in [1.54, 1.807) is 9.80 Å². The second-order valence-corrected chi connectivity index (χ2v) is 8.42. The van der Waals surface area contributed by atoms with Crippen LogP contribution in [0.1, 0.15) is 24.0 Å². The van der Waals surface area contributed by atoms with Crippen LogP contribution in [0.3, 0.4) is 0 Å². The molecule has 1 aromatic rings. The highest BCUT2D eigenvalue weighted by molar-refractivity contribution is 5.81. The van der Waals surface area contributed by atoms with Crippen molar-refractivity contribution in [2.75, 3.05) is 39.4 Å². The number of ketones is 1. The van der Waals surface area contributed by atoms with E-state index in [1.165, 1.54) is 0 Å². The van der Waals surface area contributed by atoms with E-state index in [9.17, 15) is 27.2 Å². The number of ether oxygens (including phenoxy) is 2. The van der Waals surface area contributed by atoms with Crippen LogP contribution in [0.2, 0.25) is 0 Å². The Hall–Kier alpha value is -2.20. The zero-order valence-corrected chi connectivity index (χ0v) is 16.9. The lowest BCUT2D eigenvalue weighted by molar-refractivity contribution is -0.140. The van der Waals surface area contributed by atoms with Gasteiger partial charge in [-0.3, -0.25) is 4.79 Å². The number of fused-ring (bicyclic) bond motifs is 1. The molecule has 0 aliphatic carbocycles. The first kappa shape index (κ1) is 22.0. The third kappa shape index (κ3) is 4.85. The normalized spacial score (nSPS) is 24.7. The number of alkyl halides is 3. The number of carbonyl (C=O) groups is 2. The quantitative estimate of drug-likeness (QED) is 0.670. The van der Waals surface area contributed by atoms with Gasteiger partial charge in [0.15, 0.2) is 5.78 Å². The van der Waals surface area contributed by atoms with Crippen LogP contribution in [0, 0.1) is 17.7 Å². The fraction of sp³-hybridized carbons (Fsp3) is 0.619. The van der Waals surface area contributed by atoms with Gasteiger partial charge in [-0.2, -0.15) is 13.2 Å². The number of benzene rings is 1. The van der Waals surface area contributed by atoms with Crippen LogP contribution in [0.5, 0.6) is 0 Å². The van der Waals surface area contributed by atoms with Gasteiger partial charge in [0.1, 0.15) is 12.4 Å². The molecule has 2 amide bonds. The molecule has 0 aromatic heterocycles. The Morgan fingerprint density at radius 1 is 1.19 bits per heavy atom.